The van der Waals surface area contributed by atoms with Gasteiger partial charge in [-0.15, -0.1) is 0 Å². The van der Waals surface area contributed by atoms with E-state index in [2.05, 4.69) is 20.1 Å². The lowest BCUT2D eigenvalue weighted by Gasteiger charge is -2.70. The number of hydrogen-bond acceptors (Lipinski definition) is 4. The van der Waals surface area contributed by atoms with Crippen LogP contribution in [0.1, 0.15) is 124 Å². The van der Waals surface area contributed by atoms with E-state index in [-0.39, 0.29) is 34.0 Å². The van der Waals surface area contributed by atoms with Crippen molar-refractivity contribution in [3.05, 3.63) is 24.3 Å². The quantitative estimate of drug-likeness (QED) is 0.165. The topological polar surface area (TPSA) is 52.6 Å². The maximum atomic E-state index is 12.9. The summed E-state index contributed by atoms with van der Waals surface area (Å²) in [6, 6.07) is 0. The fourth-order valence-corrected chi connectivity index (χ4v) is 12.0. The summed E-state index contributed by atoms with van der Waals surface area (Å²) < 4.78 is 12.8. The molecule has 0 heterocycles. The molecule has 8 aliphatic carbocycles. The Morgan fingerprint density at radius 1 is 0.711 bits per heavy atom. The SMILES string of the molecule is C=C(C)C(=O)OC12CC3CC(C1)CC(C(CCCCC)C14CC5CC(CC(OC(=O)C(=C)C)(C5)C1)C4)(C3)C2. The molecule has 8 bridgehead atoms. The van der Waals surface area contributed by atoms with E-state index in [1.165, 1.54) is 64.2 Å². The molecule has 0 radical (unpaired) electrons. The molecule has 0 saturated heterocycles. The first-order valence-corrected chi connectivity index (χ1v) is 15.8. The van der Waals surface area contributed by atoms with E-state index < -0.39 is 0 Å². The van der Waals surface area contributed by atoms with E-state index in [9.17, 15) is 9.59 Å². The van der Waals surface area contributed by atoms with Crippen molar-refractivity contribution >= 4 is 11.9 Å². The fraction of sp³-hybridized carbons (Fsp3) is 0.824. The van der Waals surface area contributed by atoms with E-state index in [1.54, 1.807) is 13.8 Å². The highest BCUT2D eigenvalue weighted by Crippen LogP contribution is 2.74. The second-order valence-electron chi connectivity index (χ2n) is 15.4. The predicted octanol–water partition coefficient (Wildman–Crippen LogP) is 8.10. The zero-order chi connectivity index (χ0) is 26.9. The van der Waals surface area contributed by atoms with Gasteiger partial charge in [0.1, 0.15) is 11.2 Å². The van der Waals surface area contributed by atoms with Gasteiger partial charge in [-0.1, -0.05) is 39.3 Å². The summed E-state index contributed by atoms with van der Waals surface area (Å²) in [6.45, 7) is 13.7. The monoisotopic (exact) mass is 522 g/mol. The van der Waals surface area contributed by atoms with Crippen LogP contribution in [0.2, 0.25) is 0 Å². The van der Waals surface area contributed by atoms with Crippen molar-refractivity contribution in [3.8, 4) is 0 Å². The molecule has 8 saturated carbocycles. The van der Waals surface area contributed by atoms with Crippen LogP contribution in [-0.2, 0) is 19.1 Å². The highest BCUT2D eigenvalue weighted by atomic mass is 16.6. The average molecular weight is 523 g/mol. The minimum Gasteiger partial charge on any atom is -0.456 e. The molecule has 0 aromatic carbocycles. The third kappa shape index (κ3) is 4.40. The lowest BCUT2D eigenvalue weighted by atomic mass is 9.36. The summed E-state index contributed by atoms with van der Waals surface area (Å²) in [6.07, 6.45) is 19.2. The maximum absolute atomic E-state index is 12.9. The van der Waals surface area contributed by atoms with Gasteiger partial charge < -0.3 is 9.47 Å². The van der Waals surface area contributed by atoms with Gasteiger partial charge in [0.05, 0.1) is 0 Å². The van der Waals surface area contributed by atoms with Gasteiger partial charge in [-0.2, -0.15) is 0 Å². The number of ether oxygens (including phenoxy) is 2. The van der Waals surface area contributed by atoms with Crippen molar-refractivity contribution < 1.29 is 19.1 Å². The number of carbonyl (C=O) groups excluding carboxylic acids is 2. The largest absolute Gasteiger partial charge is 0.456 e. The predicted molar refractivity (Wildman–Crippen MR) is 149 cm³/mol. The van der Waals surface area contributed by atoms with Crippen molar-refractivity contribution in [3.63, 3.8) is 0 Å². The molecule has 8 fully saturated rings. The maximum Gasteiger partial charge on any atom is 0.333 e. The first-order chi connectivity index (χ1) is 18.0. The van der Waals surface area contributed by atoms with Gasteiger partial charge in [0.15, 0.2) is 0 Å². The fourth-order valence-electron chi connectivity index (χ4n) is 12.0. The van der Waals surface area contributed by atoms with E-state index in [1.807, 2.05) is 0 Å². The van der Waals surface area contributed by atoms with Crippen LogP contribution in [0.25, 0.3) is 0 Å². The number of rotatable bonds is 10. The zero-order valence-corrected chi connectivity index (χ0v) is 24.2. The highest BCUT2D eigenvalue weighted by Gasteiger charge is 2.68. The Balaban J connectivity index is 1.36. The summed E-state index contributed by atoms with van der Waals surface area (Å²) in [5, 5.41) is 0. The van der Waals surface area contributed by atoms with Crippen molar-refractivity contribution in [2.45, 2.75) is 135 Å². The molecule has 4 atom stereocenters. The molecule has 0 aromatic rings. The summed E-state index contributed by atoms with van der Waals surface area (Å²) in [4.78, 5) is 25.7. The van der Waals surface area contributed by atoms with Crippen LogP contribution in [0.15, 0.2) is 24.3 Å². The molecule has 4 nitrogen and oxygen atoms in total. The molecule has 8 rings (SSSR count). The standard InChI is InChI=1S/C34H50O4/c1-6-7-8-9-28(31-12-24-10-25(13-31)17-33(16-24,20-31)37-29(35)22(2)3)32-14-26-11-27(15-32)19-34(18-26,21-32)38-30(36)23(4)5/h24-28H,2,4,6-21H2,1,3,5H3. The van der Waals surface area contributed by atoms with Gasteiger partial charge in [-0.25, -0.2) is 9.59 Å². The summed E-state index contributed by atoms with van der Waals surface area (Å²) >= 11 is 0. The van der Waals surface area contributed by atoms with E-state index in [0.29, 0.717) is 40.7 Å². The molecular weight excluding hydrogens is 472 g/mol. The molecule has 0 spiro atoms. The third-order valence-electron chi connectivity index (χ3n) is 12.0. The summed E-state index contributed by atoms with van der Waals surface area (Å²) in [7, 11) is 0. The van der Waals surface area contributed by atoms with Gasteiger partial charge in [-0.3, -0.25) is 0 Å². The first kappa shape index (κ1) is 26.6. The smallest absolute Gasteiger partial charge is 0.333 e. The van der Waals surface area contributed by atoms with Crippen molar-refractivity contribution in [1.29, 1.82) is 0 Å². The molecule has 0 aliphatic heterocycles. The summed E-state index contributed by atoms with van der Waals surface area (Å²) in [5.74, 6) is 2.94. The van der Waals surface area contributed by atoms with Crippen LogP contribution in [0.3, 0.4) is 0 Å². The van der Waals surface area contributed by atoms with Gasteiger partial charge in [0.2, 0.25) is 0 Å². The van der Waals surface area contributed by atoms with Gasteiger partial charge in [-0.05, 0) is 138 Å². The Labute approximate surface area is 230 Å². The van der Waals surface area contributed by atoms with E-state index in [0.717, 1.165) is 38.5 Å². The van der Waals surface area contributed by atoms with Gasteiger partial charge >= 0.3 is 11.9 Å². The number of hydrogen-bond donors (Lipinski definition) is 0. The third-order valence-corrected chi connectivity index (χ3v) is 12.0. The molecule has 0 amide bonds. The van der Waals surface area contributed by atoms with Crippen molar-refractivity contribution in [2.75, 3.05) is 0 Å². The minimum absolute atomic E-state index is 0.190. The van der Waals surface area contributed by atoms with Crippen LogP contribution >= 0.6 is 0 Å². The Kier molecular flexibility index (Phi) is 6.47. The van der Waals surface area contributed by atoms with E-state index in [4.69, 9.17) is 9.47 Å². The van der Waals surface area contributed by atoms with Crippen molar-refractivity contribution in [1.82, 2.24) is 0 Å². The molecule has 4 heteroatoms. The number of carbonyl (C=O) groups is 2. The van der Waals surface area contributed by atoms with Crippen molar-refractivity contribution in [2.24, 2.45) is 40.4 Å². The van der Waals surface area contributed by atoms with Crippen LogP contribution in [-0.4, -0.2) is 23.1 Å². The van der Waals surface area contributed by atoms with Crippen LogP contribution in [0.4, 0.5) is 0 Å². The van der Waals surface area contributed by atoms with E-state index >= 15 is 0 Å². The molecule has 0 aromatic heterocycles. The van der Waals surface area contributed by atoms with Crippen LogP contribution in [0.5, 0.6) is 0 Å². The lowest BCUT2D eigenvalue weighted by molar-refractivity contribution is -0.248. The van der Waals surface area contributed by atoms with Gasteiger partial charge in [0, 0.05) is 11.1 Å². The zero-order valence-electron chi connectivity index (χ0n) is 24.2. The average Bonchev–Trinajstić information content (AvgIpc) is 2.79. The molecular formula is C34H50O4. The molecule has 210 valence electrons. The Morgan fingerprint density at radius 3 is 1.45 bits per heavy atom. The first-order valence-electron chi connectivity index (χ1n) is 15.8. The Hall–Kier alpha value is -1.58. The number of esters is 2. The molecule has 38 heavy (non-hydrogen) atoms. The number of unbranched alkanes of at least 4 members (excludes halogenated alkanes) is 2. The Morgan fingerprint density at radius 2 is 1.11 bits per heavy atom. The van der Waals surface area contributed by atoms with Crippen LogP contribution < -0.4 is 0 Å². The molecule has 4 unspecified atom stereocenters. The van der Waals surface area contributed by atoms with Crippen LogP contribution in [0, 0.1) is 40.4 Å². The Bertz CT molecular complexity index is 918. The van der Waals surface area contributed by atoms with Gasteiger partial charge in [0.25, 0.3) is 0 Å². The minimum atomic E-state index is -0.296. The normalized spacial score (nSPS) is 44.6. The highest BCUT2D eigenvalue weighted by molar-refractivity contribution is 5.87. The second-order valence-corrected chi connectivity index (χ2v) is 15.4. The lowest BCUT2D eigenvalue weighted by Crippen LogP contribution is -2.65. The summed E-state index contributed by atoms with van der Waals surface area (Å²) in [5.41, 5.74) is 0.954. The second kappa shape index (κ2) is 9.23. The molecule has 0 N–H and O–H groups in total. The molecule has 8 aliphatic rings.